The Morgan fingerprint density at radius 3 is 2.71 bits per heavy atom. The van der Waals surface area contributed by atoms with Crippen LogP contribution in [0.3, 0.4) is 0 Å². The molecule has 0 spiro atoms. The fraction of sp³-hybridized carbons (Fsp3) is 0.571. The number of hydrogen-bond donors (Lipinski definition) is 1. The molecule has 17 heavy (non-hydrogen) atoms. The Kier molecular flexibility index (Phi) is 4.46. The lowest BCUT2D eigenvalue weighted by molar-refractivity contribution is 0.552. The predicted molar refractivity (Wildman–Crippen MR) is 72.0 cm³/mol. The van der Waals surface area contributed by atoms with Gasteiger partial charge in [0.15, 0.2) is 0 Å². The van der Waals surface area contributed by atoms with Crippen molar-refractivity contribution in [1.82, 2.24) is 5.32 Å². The fourth-order valence-electron chi connectivity index (χ4n) is 2.37. The molecule has 1 N–H and O–H groups in total. The van der Waals surface area contributed by atoms with Crippen molar-refractivity contribution in [2.75, 3.05) is 7.05 Å². The van der Waals surface area contributed by atoms with Crippen molar-refractivity contribution in [3.8, 4) is 0 Å². The summed E-state index contributed by atoms with van der Waals surface area (Å²) < 4.78 is 13.9. The van der Waals surface area contributed by atoms with Crippen molar-refractivity contribution >= 4 is 11.8 Å². The van der Waals surface area contributed by atoms with Gasteiger partial charge in [-0.1, -0.05) is 18.9 Å². The van der Waals surface area contributed by atoms with Gasteiger partial charge in [-0.25, -0.2) is 4.39 Å². The number of thioether (sulfide) groups is 1. The summed E-state index contributed by atoms with van der Waals surface area (Å²) in [7, 11) is 1.88. The summed E-state index contributed by atoms with van der Waals surface area (Å²) >= 11 is 1.86. The molecule has 1 aliphatic carbocycles. The summed E-state index contributed by atoms with van der Waals surface area (Å²) in [4.78, 5) is 1.11. The van der Waals surface area contributed by atoms with Crippen LogP contribution in [0, 0.1) is 5.82 Å². The Labute approximate surface area is 107 Å². The van der Waals surface area contributed by atoms with E-state index in [1.165, 1.54) is 25.7 Å². The highest BCUT2D eigenvalue weighted by Gasteiger charge is 2.20. The van der Waals surface area contributed by atoms with Crippen LogP contribution in [0.2, 0.25) is 0 Å². The lowest BCUT2D eigenvalue weighted by atomic mass is 10.1. The lowest BCUT2D eigenvalue weighted by Crippen LogP contribution is -2.15. The summed E-state index contributed by atoms with van der Waals surface area (Å²) in [5.41, 5.74) is 0.826. The van der Waals surface area contributed by atoms with E-state index in [9.17, 15) is 4.39 Å². The van der Waals surface area contributed by atoms with Gasteiger partial charge in [0.05, 0.1) is 0 Å². The largest absolute Gasteiger partial charge is 0.313 e. The van der Waals surface area contributed by atoms with Crippen molar-refractivity contribution in [2.24, 2.45) is 0 Å². The SMILES string of the molecule is CNC(C)c1c(F)cccc1SC1CCCC1. The van der Waals surface area contributed by atoms with Gasteiger partial charge in [0.25, 0.3) is 0 Å². The Morgan fingerprint density at radius 2 is 2.06 bits per heavy atom. The van der Waals surface area contributed by atoms with Crippen molar-refractivity contribution in [1.29, 1.82) is 0 Å². The quantitative estimate of drug-likeness (QED) is 0.865. The normalized spacial score (nSPS) is 18.5. The van der Waals surface area contributed by atoms with Gasteiger partial charge in [0, 0.05) is 21.8 Å². The molecule has 1 unspecified atom stereocenters. The van der Waals surface area contributed by atoms with Gasteiger partial charge in [0.2, 0.25) is 0 Å². The van der Waals surface area contributed by atoms with E-state index in [1.807, 2.05) is 31.8 Å². The molecule has 1 nitrogen and oxygen atoms in total. The van der Waals surface area contributed by atoms with Crippen LogP contribution in [0.1, 0.15) is 44.2 Å². The Balaban J connectivity index is 2.22. The highest BCUT2D eigenvalue weighted by atomic mass is 32.2. The van der Waals surface area contributed by atoms with E-state index in [0.29, 0.717) is 5.25 Å². The number of hydrogen-bond acceptors (Lipinski definition) is 2. The molecule has 0 radical (unpaired) electrons. The average molecular weight is 253 g/mol. The van der Waals surface area contributed by atoms with Gasteiger partial charge in [0.1, 0.15) is 5.82 Å². The zero-order valence-electron chi connectivity index (χ0n) is 10.5. The monoisotopic (exact) mass is 253 g/mol. The molecule has 1 aromatic carbocycles. The number of benzene rings is 1. The maximum absolute atomic E-state index is 13.9. The van der Waals surface area contributed by atoms with Crippen LogP contribution in [-0.2, 0) is 0 Å². The molecule has 0 saturated heterocycles. The molecule has 1 saturated carbocycles. The third-order valence-corrected chi connectivity index (χ3v) is 4.89. The van der Waals surface area contributed by atoms with Crippen LogP contribution in [-0.4, -0.2) is 12.3 Å². The summed E-state index contributed by atoms with van der Waals surface area (Å²) in [6.07, 6.45) is 5.19. The molecule has 1 atom stereocenters. The zero-order valence-corrected chi connectivity index (χ0v) is 11.3. The third-order valence-electron chi connectivity index (χ3n) is 3.47. The van der Waals surface area contributed by atoms with E-state index >= 15 is 0 Å². The maximum Gasteiger partial charge on any atom is 0.129 e. The first-order valence-corrected chi connectivity index (χ1v) is 7.22. The Bertz CT molecular complexity index is 374. The minimum absolute atomic E-state index is 0.0695. The minimum Gasteiger partial charge on any atom is -0.313 e. The van der Waals surface area contributed by atoms with Crippen molar-refractivity contribution in [3.63, 3.8) is 0 Å². The van der Waals surface area contributed by atoms with Gasteiger partial charge >= 0.3 is 0 Å². The standard InChI is InChI=1S/C14H20FNS/c1-10(16-2)14-12(15)8-5-9-13(14)17-11-6-3-4-7-11/h5,8-11,16H,3-4,6-7H2,1-2H3. The predicted octanol–water partition coefficient (Wildman–Crippen LogP) is 4.14. The van der Waals surface area contributed by atoms with Crippen LogP contribution >= 0.6 is 11.8 Å². The summed E-state index contributed by atoms with van der Waals surface area (Å²) in [6, 6.07) is 5.50. The van der Waals surface area contributed by atoms with E-state index in [2.05, 4.69) is 11.4 Å². The topological polar surface area (TPSA) is 12.0 Å². The van der Waals surface area contributed by atoms with E-state index in [-0.39, 0.29) is 11.9 Å². The molecule has 0 heterocycles. The first-order valence-electron chi connectivity index (χ1n) is 6.34. The Hall–Kier alpha value is -0.540. The van der Waals surface area contributed by atoms with Gasteiger partial charge in [-0.2, -0.15) is 0 Å². The van der Waals surface area contributed by atoms with Gasteiger partial charge in [-0.3, -0.25) is 0 Å². The van der Waals surface area contributed by atoms with Crippen molar-refractivity contribution < 1.29 is 4.39 Å². The molecular formula is C14H20FNS. The van der Waals surface area contributed by atoms with Crippen LogP contribution in [0.5, 0.6) is 0 Å². The van der Waals surface area contributed by atoms with E-state index in [4.69, 9.17) is 0 Å². The molecule has 0 amide bonds. The molecule has 1 fully saturated rings. The minimum atomic E-state index is -0.0881. The highest BCUT2D eigenvalue weighted by molar-refractivity contribution is 8.00. The molecule has 1 aliphatic rings. The summed E-state index contributed by atoms with van der Waals surface area (Å²) in [6.45, 7) is 2.01. The molecule has 94 valence electrons. The Morgan fingerprint density at radius 1 is 1.35 bits per heavy atom. The number of nitrogens with one attached hydrogen (secondary N) is 1. The van der Waals surface area contributed by atoms with E-state index in [1.54, 1.807) is 6.07 Å². The van der Waals surface area contributed by atoms with Crippen LogP contribution in [0.25, 0.3) is 0 Å². The zero-order chi connectivity index (χ0) is 12.3. The molecule has 0 bridgehead atoms. The van der Waals surface area contributed by atoms with Crippen LogP contribution < -0.4 is 5.32 Å². The first-order chi connectivity index (χ1) is 8.22. The number of halogens is 1. The average Bonchev–Trinajstić information content (AvgIpc) is 2.81. The lowest BCUT2D eigenvalue weighted by Gasteiger charge is -2.18. The van der Waals surface area contributed by atoms with Gasteiger partial charge < -0.3 is 5.32 Å². The second kappa shape index (κ2) is 5.87. The smallest absolute Gasteiger partial charge is 0.129 e. The van der Waals surface area contributed by atoms with Crippen LogP contribution in [0.15, 0.2) is 23.1 Å². The van der Waals surface area contributed by atoms with Gasteiger partial charge in [-0.15, -0.1) is 11.8 Å². The summed E-state index contributed by atoms with van der Waals surface area (Å²) in [5, 5.41) is 3.81. The second-order valence-electron chi connectivity index (χ2n) is 4.69. The van der Waals surface area contributed by atoms with Crippen LogP contribution in [0.4, 0.5) is 4.39 Å². The molecule has 2 rings (SSSR count). The van der Waals surface area contributed by atoms with E-state index in [0.717, 1.165) is 10.5 Å². The highest BCUT2D eigenvalue weighted by Crippen LogP contribution is 2.38. The molecule has 0 aromatic heterocycles. The molecule has 1 aromatic rings. The van der Waals surface area contributed by atoms with Crippen molar-refractivity contribution in [2.45, 2.75) is 48.8 Å². The maximum atomic E-state index is 13.9. The molecular weight excluding hydrogens is 233 g/mol. The first kappa shape index (κ1) is 12.9. The van der Waals surface area contributed by atoms with Crippen molar-refractivity contribution in [3.05, 3.63) is 29.6 Å². The summed E-state index contributed by atoms with van der Waals surface area (Å²) in [5.74, 6) is -0.0881. The molecule has 0 aliphatic heterocycles. The fourth-order valence-corrected chi connectivity index (χ4v) is 3.86. The molecule has 3 heteroatoms. The van der Waals surface area contributed by atoms with Gasteiger partial charge in [-0.05, 0) is 38.9 Å². The second-order valence-corrected chi connectivity index (χ2v) is 6.03. The number of rotatable bonds is 4. The third kappa shape index (κ3) is 3.02. The van der Waals surface area contributed by atoms with E-state index < -0.39 is 0 Å².